The molecule has 0 bridgehead atoms. The van der Waals surface area contributed by atoms with E-state index in [0.29, 0.717) is 58.4 Å². The summed E-state index contributed by atoms with van der Waals surface area (Å²) in [6.07, 6.45) is 5.83. The molecule has 4 rings (SSSR count). The second kappa shape index (κ2) is 11.0. The topological polar surface area (TPSA) is 108 Å². The Morgan fingerprint density at radius 3 is 2.97 bits per heavy atom. The van der Waals surface area contributed by atoms with Gasteiger partial charge in [-0.05, 0) is 30.7 Å². The maximum atomic E-state index is 12.9. The largest absolute Gasteiger partial charge is 0.493 e. The molecule has 184 valence electrons. The smallest absolute Gasteiger partial charge is 0.255 e. The summed E-state index contributed by atoms with van der Waals surface area (Å²) in [5, 5.41) is 9.53. The minimum atomic E-state index is -0.348. The second-order valence-electron chi connectivity index (χ2n) is 8.04. The fourth-order valence-electron chi connectivity index (χ4n) is 4.00. The van der Waals surface area contributed by atoms with Crippen molar-refractivity contribution in [1.82, 2.24) is 20.6 Å². The molecule has 0 saturated carbocycles. The van der Waals surface area contributed by atoms with Crippen molar-refractivity contribution in [2.24, 2.45) is 0 Å². The van der Waals surface area contributed by atoms with E-state index in [4.69, 9.17) is 16.3 Å². The number of H-pyrrole nitrogens is 1. The molecule has 0 saturated heterocycles. The van der Waals surface area contributed by atoms with Crippen LogP contribution in [-0.4, -0.2) is 41.5 Å². The number of hydrogen-bond acceptors (Lipinski definition) is 5. The lowest BCUT2D eigenvalue weighted by molar-refractivity contribution is -0.116. The van der Waals surface area contributed by atoms with Crippen LogP contribution in [-0.2, 0) is 11.2 Å². The van der Waals surface area contributed by atoms with Crippen molar-refractivity contribution in [2.75, 3.05) is 19.0 Å². The van der Waals surface area contributed by atoms with Gasteiger partial charge in [0, 0.05) is 36.6 Å². The molecule has 1 aromatic carbocycles. The van der Waals surface area contributed by atoms with E-state index in [1.807, 2.05) is 19.1 Å². The molecule has 0 unspecified atom stereocenters. The number of amides is 2. The highest BCUT2D eigenvalue weighted by molar-refractivity contribution is 6.32. The van der Waals surface area contributed by atoms with Gasteiger partial charge in [0.05, 0.1) is 46.4 Å². The number of carbonyl (C=O) groups excluding carboxylic acids is 2. The zero-order chi connectivity index (χ0) is 25.7. The number of halogens is 1. The Kier molecular flexibility index (Phi) is 7.62. The SMILES string of the molecule is C=CC(=O)N[C@@H](C#Cc1cnccc1-c1[nH]c2c(c1Nc1cccc(Cl)c1OC)C(=O)NCC2)CC. The van der Waals surface area contributed by atoms with Crippen LogP contribution in [0.25, 0.3) is 11.3 Å². The summed E-state index contributed by atoms with van der Waals surface area (Å²) in [6.45, 7) is 5.96. The van der Waals surface area contributed by atoms with Gasteiger partial charge < -0.3 is 25.7 Å². The number of rotatable bonds is 7. The number of ether oxygens (including phenoxy) is 1. The number of fused-ring (bicyclic) bond motifs is 1. The fraction of sp³-hybridized carbons (Fsp3) is 0.222. The molecule has 1 aliphatic rings. The van der Waals surface area contributed by atoms with Crippen LogP contribution < -0.4 is 20.7 Å². The van der Waals surface area contributed by atoms with E-state index >= 15 is 0 Å². The van der Waals surface area contributed by atoms with Crippen molar-refractivity contribution in [2.45, 2.75) is 25.8 Å². The van der Waals surface area contributed by atoms with Crippen LogP contribution in [0.15, 0.2) is 49.3 Å². The number of aromatic nitrogens is 2. The number of anilines is 2. The van der Waals surface area contributed by atoms with Gasteiger partial charge in [-0.15, -0.1) is 0 Å². The van der Waals surface area contributed by atoms with E-state index in [0.717, 1.165) is 11.3 Å². The molecule has 2 aromatic heterocycles. The van der Waals surface area contributed by atoms with Crippen molar-refractivity contribution in [3.63, 3.8) is 0 Å². The first-order valence-electron chi connectivity index (χ1n) is 11.5. The van der Waals surface area contributed by atoms with Crippen LogP contribution in [0.5, 0.6) is 5.75 Å². The van der Waals surface area contributed by atoms with Crippen molar-refractivity contribution >= 4 is 34.8 Å². The van der Waals surface area contributed by atoms with Crippen LogP contribution in [0.1, 0.15) is 35.0 Å². The minimum Gasteiger partial charge on any atom is -0.493 e. The number of hydrogen-bond donors (Lipinski definition) is 4. The number of nitrogens with one attached hydrogen (secondary N) is 4. The Morgan fingerprint density at radius 2 is 2.22 bits per heavy atom. The Labute approximate surface area is 214 Å². The van der Waals surface area contributed by atoms with Gasteiger partial charge in [-0.25, -0.2) is 0 Å². The minimum absolute atomic E-state index is 0.179. The molecule has 4 N–H and O–H groups in total. The van der Waals surface area contributed by atoms with Crippen molar-refractivity contribution in [3.05, 3.63) is 71.2 Å². The summed E-state index contributed by atoms with van der Waals surface area (Å²) < 4.78 is 5.50. The van der Waals surface area contributed by atoms with Gasteiger partial charge >= 0.3 is 0 Å². The quantitative estimate of drug-likeness (QED) is 0.285. The lowest BCUT2D eigenvalue weighted by atomic mass is 10.0. The lowest BCUT2D eigenvalue weighted by Gasteiger charge is -2.17. The highest BCUT2D eigenvalue weighted by Gasteiger charge is 2.28. The highest BCUT2D eigenvalue weighted by atomic mass is 35.5. The van der Waals surface area contributed by atoms with Crippen LogP contribution in [0.2, 0.25) is 5.02 Å². The van der Waals surface area contributed by atoms with E-state index in [9.17, 15) is 9.59 Å². The first kappa shape index (κ1) is 24.9. The number of methoxy groups -OCH3 is 1. The van der Waals surface area contributed by atoms with Gasteiger partial charge in [0.1, 0.15) is 0 Å². The first-order valence-corrected chi connectivity index (χ1v) is 11.9. The van der Waals surface area contributed by atoms with Crippen molar-refractivity contribution in [1.29, 1.82) is 0 Å². The molecule has 3 heterocycles. The van der Waals surface area contributed by atoms with E-state index in [1.165, 1.54) is 6.08 Å². The van der Waals surface area contributed by atoms with Gasteiger partial charge in [0.25, 0.3) is 5.91 Å². The van der Waals surface area contributed by atoms with Gasteiger partial charge in [0.15, 0.2) is 5.75 Å². The molecule has 0 radical (unpaired) electrons. The molecule has 9 heteroatoms. The molecule has 3 aromatic rings. The Morgan fingerprint density at radius 1 is 1.39 bits per heavy atom. The van der Waals surface area contributed by atoms with E-state index in [2.05, 4.69) is 44.3 Å². The monoisotopic (exact) mass is 503 g/mol. The van der Waals surface area contributed by atoms with E-state index in [1.54, 1.807) is 31.6 Å². The van der Waals surface area contributed by atoms with E-state index < -0.39 is 0 Å². The van der Waals surface area contributed by atoms with Crippen molar-refractivity contribution in [3.8, 4) is 28.8 Å². The van der Waals surface area contributed by atoms with Crippen LogP contribution in [0.4, 0.5) is 11.4 Å². The summed E-state index contributed by atoms with van der Waals surface area (Å²) in [5.74, 6) is 6.26. The molecule has 2 amide bonds. The third kappa shape index (κ3) is 5.07. The van der Waals surface area contributed by atoms with Gasteiger partial charge in [0.2, 0.25) is 5.91 Å². The number of aromatic amines is 1. The molecule has 36 heavy (non-hydrogen) atoms. The Balaban J connectivity index is 1.83. The number of nitrogens with zero attached hydrogens (tertiary/aromatic N) is 1. The predicted octanol–water partition coefficient (Wildman–Crippen LogP) is 4.20. The molecule has 0 fully saturated rings. The normalized spacial score (nSPS) is 12.9. The molecule has 8 nitrogen and oxygen atoms in total. The summed E-state index contributed by atoms with van der Waals surface area (Å²) >= 11 is 6.34. The van der Waals surface area contributed by atoms with Crippen molar-refractivity contribution < 1.29 is 14.3 Å². The number of carbonyl (C=O) groups is 2. The van der Waals surface area contributed by atoms with Gasteiger partial charge in [-0.3, -0.25) is 14.6 Å². The number of benzene rings is 1. The maximum Gasteiger partial charge on any atom is 0.255 e. The molecule has 1 atom stereocenters. The second-order valence-corrected chi connectivity index (χ2v) is 8.45. The maximum absolute atomic E-state index is 12.9. The van der Waals surface area contributed by atoms with Crippen LogP contribution in [0.3, 0.4) is 0 Å². The average Bonchev–Trinajstić information content (AvgIpc) is 3.26. The zero-order valence-corrected chi connectivity index (χ0v) is 20.8. The Hall–Kier alpha value is -4.22. The molecule has 0 spiro atoms. The average molecular weight is 504 g/mol. The lowest BCUT2D eigenvalue weighted by Crippen LogP contribution is -2.31. The number of para-hydroxylation sites is 1. The summed E-state index contributed by atoms with van der Waals surface area (Å²) in [4.78, 5) is 32.3. The summed E-state index contributed by atoms with van der Waals surface area (Å²) in [7, 11) is 1.54. The third-order valence-electron chi connectivity index (χ3n) is 5.78. The summed E-state index contributed by atoms with van der Waals surface area (Å²) in [5.41, 5.74) is 4.64. The zero-order valence-electron chi connectivity index (χ0n) is 20.0. The molecule has 1 aliphatic heterocycles. The third-order valence-corrected chi connectivity index (χ3v) is 6.08. The fourth-order valence-corrected chi connectivity index (χ4v) is 4.26. The Bertz CT molecular complexity index is 1390. The highest BCUT2D eigenvalue weighted by Crippen LogP contribution is 2.41. The predicted molar refractivity (Wildman–Crippen MR) is 141 cm³/mol. The van der Waals surface area contributed by atoms with Gasteiger partial charge in [-0.1, -0.05) is 43.0 Å². The van der Waals surface area contributed by atoms with Crippen LogP contribution in [0, 0.1) is 11.8 Å². The molecular formula is C27H26ClN5O3. The molecular weight excluding hydrogens is 478 g/mol. The summed E-state index contributed by atoms with van der Waals surface area (Å²) in [6, 6.07) is 6.85. The van der Waals surface area contributed by atoms with Crippen LogP contribution >= 0.6 is 11.6 Å². The first-order chi connectivity index (χ1) is 17.5. The van der Waals surface area contributed by atoms with Gasteiger partial charge in [-0.2, -0.15) is 0 Å². The van der Waals surface area contributed by atoms with E-state index in [-0.39, 0.29) is 17.9 Å². The standard InChI is InChI=1S/C27H26ClN5O3/c1-4-17(31-22(34)5-2)10-9-16-15-29-13-11-18(16)24-25(23-20(32-24)12-14-30-27(23)35)33-21-8-6-7-19(28)26(21)36-3/h5-8,11,13,15,17,32-33H,2,4,12,14H2,1,3H3,(H,30,35)(H,31,34)/t17-/m1/s1. The molecule has 0 aliphatic carbocycles. The number of pyridine rings is 1.